The Morgan fingerprint density at radius 3 is 2.02 bits per heavy atom. The molecule has 0 amide bonds. The minimum atomic E-state index is 0.351. The van der Waals surface area contributed by atoms with Crippen molar-refractivity contribution in [2.75, 3.05) is 0 Å². The molecule has 0 spiro atoms. The van der Waals surface area contributed by atoms with E-state index in [-0.39, 0.29) is 0 Å². The zero-order valence-corrected chi connectivity index (χ0v) is 24.5. The van der Waals surface area contributed by atoms with Gasteiger partial charge < -0.3 is 4.85 Å². The van der Waals surface area contributed by atoms with Crippen LogP contribution in [0.4, 0.5) is 5.82 Å². The fourth-order valence-electron chi connectivity index (χ4n) is 5.80. The number of fused-ring (bicyclic) bond motifs is 5. The second-order valence-corrected chi connectivity index (χ2v) is 11.6. The second kappa shape index (κ2) is 10.8. The third kappa shape index (κ3) is 4.65. The molecule has 208 valence electrons. The van der Waals surface area contributed by atoms with Crippen LogP contribution in [0.5, 0.6) is 0 Å². The fourth-order valence-corrected chi connectivity index (χ4v) is 7.00. The van der Waals surface area contributed by atoms with Gasteiger partial charge in [0.05, 0.1) is 22.8 Å². The summed E-state index contributed by atoms with van der Waals surface area (Å²) in [4.78, 5) is 21.7. The van der Waals surface area contributed by atoms with Gasteiger partial charge in [-0.05, 0) is 77.0 Å². The molecule has 6 nitrogen and oxygen atoms in total. The lowest BCUT2D eigenvalue weighted by Gasteiger charge is -2.10. The summed E-state index contributed by atoms with van der Waals surface area (Å²) in [5, 5.41) is 14.0. The predicted molar refractivity (Wildman–Crippen MR) is 181 cm³/mol. The van der Waals surface area contributed by atoms with Crippen LogP contribution in [0, 0.1) is 17.9 Å². The Labute approximate surface area is 262 Å². The van der Waals surface area contributed by atoms with Gasteiger partial charge in [0.2, 0.25) is 0 Å². The third-order valence-electron chi connectivity index (χ3n) is 7.88. The number of pyridine rings is 4. The number of nitriles is 1. The number of nitrogens with zero attached hydrogens (tertiary/aromatic N) is 6. The molecule has 0 radical (unpaired) electrons. The average Bonchev–Trinajstić information content (AvgIpc) is 3.49. The topological polar surface area (TPSA) is 79.7 Å². The molecule has 0 fully saturated rings. The van der Waals surface area contributed by atoms with Gasteiger partial charge in [0.25, 0.3) is 5.82 Å². The largest absolute Gasteiger partial charge is 0.361 e. The van der Waals surface area contributed by atoms with E-state index in [0.29, 0.717) is 11.5 Å². The SMILES string of the molecule is [C-]#[N+]c1cc(-c2cccc(-c3cc4sc5cc(-c6cccc(-c7ccnc(C#N)c7)n6)ccc5c4c4ccccc34)n2)ccn1. The molecule has 3 aromatic carbocycles. The molecule has 0 N–H and O–H groups in total. The Morgan fingerprint density at radius 2 is 1.27 bits per heavy atom. The molecule has 0 saturated carbocycles. The van der Waals surface area contributed by atoms with Crippen molar-refractivity contribution in [2.24, 2.45) is 0 Å². The molecule has 0 atom stereocenters. The first-order chi connectivity index (χ1) is 22.2. The highest BCUT2D eigenvalue weighted by Crippen LogP contribution is 2.43. The van der Waals surface area contributed by atoms with Gasteiger partial charge in [-0.3, -0.25) is 0 Å². The van der Waals surface area contributed by atoms with Gasteiger partial charge in [-0.15, -0.1) is 16.3 Å². The van der Waals surface area contributed by atoms with Crippen LogP contribution >= 0.6 is 11.3 Å². The highest BCUT2D eigenvalue weighted by Gasteiger charge is 2.16. The van der Waals surface area contributed by atoms with Gasteiger partial charge in [0.1, 0.15) is 18.0 Å². The Balaban J connectivity index is 1.26. The van der Waals surface area contributed by atoms with Gasteiger partial charge in [0.15, 0.2) is 0 Å². The zero-order valence-electron chi connectivity index (χ0n) is 23.6. The summed E-state index contributed by atoms with van der Waals surface area (Å²) in [6.45, 7) is 7.34. The van der Waals surface area contributed by atoms with Gasteiger partial charge in [-0.1, -0.05) is 55.1 Å². The van der Waals surface area contributed by atoms with Crippen LogP contribution in [0.15, 0.2) is 122 Å². The normalized spacial score (nSPS) is 11.1. The van der Waals surface area contributed by atoms with Crippen molar-refractivity contribution in [3.05, 3.63) is 139 Å². The Kier molecular flexibility index (Phi) is 6.31. The Morgan fingerprint density at radius 1 is 0.600 bits per heavy atom. The minimum Gasteiger partial charge on any atom is -0.361 e. The maximum absolute atomic E-state index is 9.28. The molecule has 8 rings (SSSR count). The van der Waals surface area contributed by atoms with Gasteiger partial charge in [-0.2, -0.15) is 5.26 Å². The first-order valence-corrected chi connectivity index (χ1v) is 15.0. The molecule has 45 heavy (non-hydrogen) atoms. The van der Waals surface area contributed by atoms with Crippen LogP contribution in [0.1, 0.15) is 5.69 Å². The molecule has 7 heteroatoms. The molecule has 0 aliphatic carbocycles. The molecule has 8 aromatic rings. The maximum Gasteiger partial charge on any atom is 0.270 e. The van der Waals surface area contributed by atoms with Crippen LogP contribution in [0.25, 0.3) is 80.8 Å². The third-order valence-corrected chi connectivity index (χ3v) is 8.97. The number of rotatable bonds is 4. The van der Waals surface area contributed by atoms with E-state index in [1.807, 2.05) is 48.5 Å². The van der Waals surface area contributed by atoms with E-state index in [4.69, 9.17) is 16.5 Å². The summed E-state index contributed by atoms with van der Waals surface area (Å²) >= 11 is 1.76. The highest BCUT2D eigenvalue weighted by atomic mass is 32.1. The van der Waals surface area contributed by atoms with Gasteiger partial charge in [-0.25, -0.2) is 15.0 Å². The molecule has 0 aliphatic heterocycles. The van der Waals surface area contributed by atoms with E-state index in [9.17, 15) is 5.26 Å². The van der Waals surface area contributed by atoms with Crippen molar-refractivity contribution in [1.82, 2.24) is 19.9 Å². The summed E-state index contributed by atoms with van der Waals surface area (Å²) in [5.74, 6) is 0.351. The lowest BCUT2D eigenvalue weighted by molar-refractivity contribution is 1.25. The first kappa shape index (κ1) is 26.4. The highest BCUT2D eigenvalue weighted by molar-refractivity contribution is 7.26. The molecule has 0 saturated heterocycles. The standard InChI is InChI=1S/C38H20N6S/c1-40-37-20-25(15-17-42-37)33-10-5-11-34(44-33)30-21-36-38(28-7-3-2-6-27(28)30)29-13-12-23(19-35(29)45-36)31-8-4-9-32(43-31)24-14-16-41-26(18-24)22-39/h2-21H. The summed E-state index contributed by atoms with van der Waals surface area (Å²) < 4.78 is 2.36. The molecular formula is C38H20N6S. The summed E-state index contributed by atoms with van der Waals surface area (Å²) in [6.07, 6.45) is 3.29. The monoisotopic (exact) mass is 592 g/mol. The smallest absolute Gasteiger partial charge is 0.270 e. The van der Waals surface area contributed by atoms with Crippen molar-refractivity contribution in [3.8, 4) is 51.1 Å². The minimum absolute atomic E-state index is 0.351. The second-order valence-electron chi connectivity index (χ2n) is 10.5. The van der Waals surface area contributed by atoms with Crippen LogP contribution in [-0.4, -0.2) is 19.9 Å². The van der Waals surface area contributed by atoms with Gasteiger partial charge in [0, 0.05) is 43.1 Å². The molecule has 0 bridgehead atoms. The number of hydrogen-bond donors (Lipinski definition) is 0. The van der Waals surface area contributed by atoms with E-state index in [2.05, 4.69) is 69.4 Å². The number of thiophene rings is 1. The van der Waals surface area contributed by atoms with Crippen LogP contribution in [-0.2, 0) is 0 Å². The maximum atomic E-state index is 9.28. The number of hydrogen-bond acceptors (Lipinski definition) is 6. The van der Waals surface area contributed by atoms with E-state index in [0.717, 1.165) is 50.4 Å². The lowest BCUT2D eigenvalue weighted by Crippen LogP contribution is -1.90. The Bertz CT molecular complexity index is 2540. The predicted octanol–water partition coefficient (Wildman–Crippen LogP) is 9.88. The van der Waals surface area contributed by atoms with Crippen molar-refractivity contribution >= 4 is 48.1 Å². The zero-order chi connectivity index (χ0) is 30.3. The van der Waals surface area contributed by atoms with E-state index < -0.39 is 0 Å². The van der Waals surface area contributed by atoms with E-state index in [1.165, 1.54) is 25.6 Å². The van der Waals surface area contributed by atoms with Crippen molar-refractivity contribution in [1.29, 1.82) is 5.26 Å². The average molecular weight is 593 g/mol. The van der Waals surface area contributed by atoms with Crippen molar-refractivity contribution in [2.45, 2.75) is 0 Å². The van der Waals surface area contributed by atoms with Crippen LogP contribution < -0.4 is 0 Å². The quantitative estimate of drug-likeness (QED) is 0.190. The molecular weight excluding hydrogens is 573 g/mol. The Hall–Kier alpha value is -6.28. The molecule has 0 unspecified atom stereocenters. The summed E-state index contributed by atoms with van der Waals surface area (Å²) in [6, 6.07) is 38.7. The van der Waals surface area contributed by atoms with E-state index in [1.54, 1.807) is 35.9 Å². The fraction of sp³-hybridized carbons (Fsp3) is 0. The number of aromatic nitrogens is 4. The summed E-state index contributed by atoms with van der Waals surface area (Å²) in [7, 11) is 0. The molecule has 0 aliphatic rings. The van der Waals surface area contributed by atoms with Crippen LogP contribution in [0.2, 0.25) is 0 Å². The first-order valence-electron chi connectivity index (χ1n) is 14.2. The summed E-state index contributed by atoms with van der Waals surface area (Å²) in [5.41, 5.74) is 7.53. The van der Waals surface area contributed by atoms with E-state index >= 15 is 0 Å². The molecule has 5 heterocycles. The number of benzene rings is 3. The lowest BCUT2D eigenvalue weighted by atomic mass is 9.96. The van der Waals surface area contributed by atoms with Crippen LogP contribution in [0.3, 0.4) is 0 Å². The molecule has 5 aromatic heterocycles. The van der Waals surface area contributed by atoms with Crippen molar-refractivity contribution in [3.63, 3.8) is 0 Å². The van der Waals surface area contributed by atoms with Crippen molar-refractivity contribution < 1.29 is 0 Å². The van der Waals surface area contributed by atoms with Gasteiger partial charge >= 0.3 is 0 Å².